The zero-order chi connectivity index (χ0) is 21.2. The van der Waals surface area contributed by atoms with Crippen LogP contribution in [0.15, 0.2) is 66.0 Å². The lowest BCUT2D eigenvalue weighted by Crippen LogP contribution is -2.22. The highest BCUT2D eigenvalue weighted by atomic mass is 16.5. The molecular weight excluding hydrogens is 386 g/mol. The minimum atomic E-state index is 0.184. The zero-order valence-corrected chi connectivity index (χ0v) is 18.0. The van der Waals surface area contributed by atoms with Gasteiger partial charge in [0.05, 0.1) is 6.10 Å². The maximum Gasteiger partial charge on any atom is 0.154 e. The summed E-state index contributed by atoms with van der Waals surface area (Å²) in [5, 5.41) is 3.49. The topological polar surface area (TPSA) is 62.6 Å². The lowest BCUT2D eigenvalue weighted by molar-refractivity contribution is 0.107. The predicted molar refractivity (Wildman–Crippen MR) is 124 cm³/mol. The Morgan fingerprint density at radius 1 is 1.10 bits per heavy atom. The van der Waals surface area contributed by atoms with Crippen molar-refractivity contribution in [3.05, 3.63) is 72.2 Å². The van der Waals surface area contributed by atoms with Gasteiger partial charge in [0, 0.05) is 56.9 Å². The van der Waals surface area contributed by atoms with E-state index in [2.05, 4.69) is 57.4 Å². The molecule has 1 fully saturated rings. The molecular formula is C25H27N5O. The Bertz CT molecular complexity index is 1100. The summed E-state index contributed by atoms with van der Waals surface area (Å²) < 4.78 is 5.48. The lowest BCUT2D eigenvalue weighted by atomic mass is 9.97. The minimum absolute atomic E-state index is 0.184. The molecule has 1 saturated heterocycles. The first-order valence-corrected chi connectivity index (χ1v) is 10.8. The van der Waals surface area contributed by atoms with Crippen molar-refractivity contribution in [1.82, 2.24) is 14.9 Å². The number of likely N-dealkylation sites (tertiary alicyclic amines) is 1. The molecule has 2 aromatic heterocycles. The molecule has 2 aliphatic rings. The van der Waals surface area contributed by atoms with Crippen LogP contribution >= 0.6 is 0 Å². The number of pyridine rings is 2. The van der Waals surface area contributed by atoms with Gasteiger partial charge in [0.15, 0.2) is 5.82 Å². The van der Waals surface area contributed by atoms with Crippen LogP contribution in [0.1, 0.15) is 30.4 Å². The molecule has 3 aromatic rings. The van der Waals surface area contributed by atoms with Crippen LogP contribution in [0.5, 0.6) is 0 Å². The monoisotopic (exact) mass is 413 g/mol. The average Bonchev–Trinajstić information content (AvgIpc) is 3.38. The largest absolute Gasteiger partial charge is 0.380 e. The van der Waals surface area contributed by atoms with E-state index in [1.807, 2.05) is 30.7 Å². The number of aromatic nitrogens is 2. The number of methoxy groups -OCH3 is 1. The summed E-state index contributed by atoms with van der Waals surface area (Å²) in [6.45, 7) is 5.14. The van der Waals surface area contributed by atoms with Crippen molar-refractivity contribution < 1.29 is 4.74 Å². The number of amidine groups is 1. The van der Waals surface area contributed by atoms with E-state index in [0.29, 0.717) is 6.10 Å². The molecule has 31 heavy (non-hydrogen) atoms. The summed E-state index contributed by atoms with van der Waals surface area (Å²) >= 11 is 0. The Hall–Kier alpha value is -3.09. The number of rotatable bonds is 5. The van der Waals surface area contributed by atoms with Gasteiger partial charge in [-0.05, 0) is 65.1 Å². The van der Waals surface area contributed by atoms with Gasteiger partial charge >= 0.3 is 0 Å². The summed E-state index contributed by atoms with van der Waals surface area (Å²) in [6.07, 6.45) is 6.95. The molecule has 1 aromatic carbocycles. The molecule has 1 N–H and O–H groups in total. The van der Waals surface area contributed by atoms with Crippen molar-refractivity contribution in [3.63, 3.8) is 0 Å². The van der Waals surface area contributed by atoms with Crippen LogP contribution in [0.2, 0.25) is 0 Å². The predicted octanol–water partition coefficient (Wildman–Crippen LogP) is 4.62. The second-order valence-corrected chi connectivity index (χ2v) is 8.29. The minimum Gasteiger partial charge on any atom is -0.380 e. The fourth-order valence-electron chi connectivity index (χ4n) is 4.41. The molecule has 1 unspecified atom stereocenters. The highest BCUT2D eigenvalue weighted by Gasteiger charge is 2.26. The number of fused-ring (bicyclic) bond motifs is 1. The van der Waals surface area contributed by atoms with Crippen molar-refractivity contribution in [3.8, 4) is 11.1 Å². The first-order valence-electron chi connectivity index (χ1n) is 10.8. The Kier molecular flexibility index (Phi) is 5.49. The van der Waals surface area contributed by atoms with E-state index in [9.17, 15) is 0 Å². The molecule has 2 aliphatic heterocycles. The van der Waals surface area contributed by atoms with Crippen LogP contribution in [0.3, 0.4) is 0 Å². The molecule has 0 bridgehead atoms. The fourth-order valence-corrected chi connectivity index (χ4v) is 4.41. The smallest absolute Gasteiger partial charge is 0.154 e. The second kappa shape index (κ2) is 8.57. The molecule has 6 heteroatoms. The number of aliphatic imine (C=N–C) groups is 1. The Balaban J connectivity index is 1.34. The van der Waals surface area contributed by atoms with Gasteiger partial charge in [-0.15, -0.1) is 0 Å². The third-order valence-corrected chi connectivity index (χ3v) is 6.22. The molecule has 158 valence electrons. The van der Waals surface area contributed by atoms with Gasteiger partial charge in [0.1, 0.15) is 5.84 Å². The molecule has 2 atom stereocenters. The molecule has 0 amide bonds. The first kappa shape index (κ1) is 19.8. The molecule has 0 saturated carbocycles. The molecule has 0 aliphatic carbocycles. The standard InChI is InChI=1S/C25H27N5O/c1-17-22-14-20(19-6-9-26-10-7-19)3-4-23(22)28-25(17)29-24-13-18(5-11-27-24)15-30-12-8-21(16-30)31-2/h3-7,9-11,13-14,17,21H,8,12,15-16H2,1-2H3,(H,27,28,29)/t17?,21-/m1/s1. The summed E-state index contributed by atoms with van der Waals surface area (Å²) in [7, 11) is 1.79. The number of benzene rings is 1. The van der Waals surface area contributed by atoms with E-state index in [0.717, 1.165) is 43.4 Å². The highest BCUT2D eigenvalue weighted by molar-refractivity contribution is 6.07. The van der Waals surface area contributed by atoms with Gasteiger partial charge < -0.3 is 10.1 Å². The molecule has 4 heterocycles. The van der Waals surface area contributed by atoms with Gasteiger partial charge in [-0.2, -0.15) is 0 Å². The lowest BCUT2D eigenvalue weighted by Gasteiger charge is -2.15. The number of ether oxygens (including phenoxy) is 1. The zero-order valence-electron chi connectivity index (χ0n) is 18.0. The van der Waals surface area contributed by atoms with Crippen LogP contribution in [-0.2, 0) is 11.3 Å². The maximum atomic E-state index is 5.48. The quantitative estimate of drug-likeness (QED) is 0.661. The van der Waals surface area contributed by atoms with Gasteiger partial charge in [-0.25, -0.2) is 9.98 Å². The van der Waals surface area contributed by atoms with Crippen LogP contribution in [-0.4, -0.2) is 47.0 Å². The van der Waals surface area contributed by atoms with Crippen molar-refractivity contribution in [1.29, 1.82) is 0 Å². The van der Waals surface area contributed by atoms with E-state index in [-0.39, 0.29) is 5.92 Å². The van der Waals surface area contributed by atoms with Crippen LogP contribution in [0, 0.1) is 0 Å². The van der Waals surface area contributed by atoms with E-state index in [1.54, 1.807) is 7.11 Å². The van der Waals surface area contributed by atoms with Crippen molar-refractivity contribution in [2.45, 2.75) is 31.9 Å². The van der Waals surface area contributed by atoms with Crippen molar-refractivity contribution >= 4 is 17.3 Å². The maximum absolute atomic E-state index is 5.48. The van der Waals surface area contributed by atoms with Gasteiger partial charge in [0.25, 0.3) is 0 Å². The van der Waals surface area contributed by atoms with E-state index >= 15 is 0 Å². The number of hydrogen-bond acceptors (Lipinski definition) is 5. The van der Waals surface area contributed by atoms with Crippen molar-refractivity contribution in [2.24, 2.45) is 4.99 Å². The van der Waals surface area contributed by atoms with Gasteiger partial charge in [0.2, 0.25) is 0 Å². The SMILES string of the molecule is CO[C@@H]1CCN(Cc2ccnc(N=C3Nc4ccc(-c5ccncc5)cc4C3C)c2)C1. The third-order valence-electron chi connectivity index (χ3n) is 6.22. The molecule has 0 spiro atoms. The summed E-state index contributed by atoms with van der Waals surface area (Å²) in [4.78, 5) is 15.9. The van der Waals surface area contributed by atoms with Crippen LogP contribution in [0.25, 0.3) is 11.1 Å². The third kappa shape index (κ3) is 4.22. The molecule has 0 radical (unpaired) electrons. The fraction of sp³-hybridized carbons (Fsp3) is 0.320. The van der Waals surface area contributed by atoms with Crippen LogP contribution in [0.4, 0.5) is 11.5 Å². The molecule has 5 rings (SSSR count). The summed E-state index contributed by atoms with van der Waals surface area (Å²) in [6, 6.07) is 14.8. The van der Waals surface area contributed by atoms with E-state index in [1.165, 1.54) is 22.3 Å². The Morgan fingerprint density at radius 2 is 1.97 bits per heavy atom. The number of nitrogens with zero attached hydrogens (tertiary/aromatic N) is 4. The number of anilines is 1. The van der Waals surface area contributed by atoms with E-state index < -0.39 is 0 Å². The molecule has 6 nitrogen and oxygen atoms in total. The van der Waals surface area contributed by atoms with Gasteiger partial charge in [-0.1, -0.05) is 13.0 Å². The van der Waals surface area contributed by atoms with Gasteiger partial charge in [-0.3, -0.25) is 9.88 Å². The van der Waals surface area contributed by atoms with E-state index in [4.69, 9.17) is 9.73 Å². The second-order valence-electron chi connectivity index (χ2n) is 8.29. The Morgan fingerprint density at radius 3 is 2.77 bits per heavy atom. The highest BCUT2D eigenvalue weighted by Crippen LogP contribution is 2.36. The van der Waals surface area contributed by atoms with Crippen molar-refractivity contribution in [2.75, 3.05) is 25.5 Å². The summed E-state index contributed by atoms with van der Waals surface area (Å²) in [5.74, 6) is 1.87. The number of hydrogen-bond donors (Lipinski definition) is 1. The normalized spacial score (nSPS) is 21.9. The first-order chi connectivity index (χ1) is 15.2. The van der Waals surface area contributed by atoms with Crippen LogP contribution < -0.4 is 5.32 Å². The number of nitrogens with one attached hydrogen (secondary N) is 1. The summed E-state index contributed by atoms with van der Waals surface area (Å²) in [5.41, 5.74) is 5.96. The average molecular weight is 414 g/mol. The Labute approximate surface area is 183 Å².